The Morgan fingerprint density at radius 2 is 2.03 bits per heavy atom. The number of aryl methyl sites for hydroxylation is 1. The molecule has 0 bridgehead atoms. The number of hydrogen-bond donors (Lipinski definition) is 2. The number of halogens is 3. The molecule has 0 atom stereocenters. The van der Waals surface area contributed by atoms with Crippen LogP contribution in [-0.2, 0) is 22.9 Å². The zero-order chi connectivity index (χ0) is 21.6. The van der Waals surface area contributed by atoms with Gasteiger partial charge in [0.25, 0.3) is 0 Å². The minimum absolute atomic E-state index is 0.451. The highest BCUT2D eigenvalue weighted by molar-refractivity contribution is 7.11. The van der Waals surface area contributed by atoms with Crippen LogP contribution < -0.4 is 10.6 Å². The van der Waals surface area contributed by atoms with Gasteiger partial charge in [0.05, 0.1) is 12.1 Å². The van der Waals surface area contributed by atoms with Gasteiger partial charge in [-0.25, -0.2) is 9.98 Å². The second-order valence-corrected chi connectivity index (χ2v) is 8.70. The lowest BCUT2D eigenvalue weighted by molar-refractivity contribution is -0.137. The topological polar surface area (TPSA) is 58.5 Å². The zero-order valence-corrected chi connectivity index (χ0v) is 18.0. The van der Waals surface area contributed by atoms with Crippen molar-refractivity contribution in [3.05, 3.63) is 51.5 Å². The number of thiazole rings is 1. The normalized spacial score (nSPS) is 17.0. The van der Waals surface area contributed by atoms with E-state index in [1.165, 1.54) is 12.1 Å². The molecule has 1 fully saturated rings. The molecule has 0 spiro atoms. The third-order valence-electron chi connectivity index (χ3n) is 5.23. The first-order valence-corrected chi connectivity index (χ1v) is 10.8. The first-order chi connectivity index (χ1) is 14.3. The average molecular weight is 441 g/mol. The lowest BCUT2D eigenvalue weighted by atomic mass is 9.73. The van der Waals surface area contributed by atoms with Gasteiger partial charge >= 0.3 is 6.18 Å². The van der Waals surface area contributed by atoms with Crippen molar-refractivity contribution in [3.63, 3.8) is 0 Å². The standard InChI is InChI=1S/C21H27F3N4OS/c1-3-25-19(27-13-18-26-12-15(2)30-18)28-14-20(7-9-29-10-8-20)16-5-4-6-17(11-16)21(22,23)24/h4-6,11-12H,3,7-10,13-14H2,1-2H3,(H2,25,27,28). The van der Waals surface area contributed by atoms with E-state index in [1.807, 2.05) is 20.0 Å². The fourth-order valence-electron chi connectivity index (χ4n) is 3.57. The Bertz CT molecular complexity index is 860. The molecule has 1 aromatic heterocycles. The molecule has 9 heteroatoms. The minimum Gasteiger partial charge on any atom is -0.381 e. The number of nitrogens with one attached hydrogen (secondary N) is 2. The van der Waals surface area contributed by atoms with Gasteiger partial charge in [-0.1, -0.05) is 18.2 Å². The summed E-state index contributed by atoms with van der Waals surface area (Å²) in [5.41, 5.74) is -0.391. The quantitative estimate of drug-likeness (QED) is 0.520. The van der Waals surface area contributed by atoms with Crippen molar-refractivity contribution in [2.45, 2.75) is 44.8 Å². The Labute approximate surface area is 178 Å². The maximum Gasteiger partial charge on any atom is 0.416 e. The van der Waals surface area contributed by atoms with Crippen molar-refractivity contribution in [2.24, 2.45) is 4.99 Å². The van der Waals surface area contributed by atoms with E-state index < -0.39 is 17.2 Å². The van der Waals surface area contributed by atoms with Crippen LogP contribution in [-0.4, -0.2) is 37.2 Å². The summed E-state index contributed by atoms with van der Waals surface area (Å²) < 4.78 is 45.3. The van der Waals surface area contributed by atoms with Gasteiger partial charge in [0.15, 0.2) is 5.96 Å². The van der Waals surface area contributed by atoms with E-state index in [4.69, 9.17) is 4.74 Å². The van der Waals surface area contributed by atoms with Gasteiger partial charge in [0, 0.05) is 42.8 Å². The number of aliphatic imine (C=N–C) groups is 1. The van der Waals surface area contributed by atoms with Crippen molar-refractivity contribution in [2.75, 3.05) is 26.3 Å². The van der Waals surface area contributed by atoms with Gasteiger partial charge in [0.2, 0.25) is 0 Å². The minimum atomic E-state index is -4.36. The Morgan fingerprint density at radius 3 is 2.67 bits per heavy atom. The molecule has 2 heterocycles. The van der Waals surface area contributed by atoms with Crippen LogP contribution in [0, 0.1) is 6.92 Å². The molecule has 0 amide bonds. The lowest BCUT2D eigenvalue weighted by Gasteiger charge is -2.38. The molecular weight excluding hydrogens is 413 g/mol. The molecule has 5 nitrogen and oxygen atoms in total. The molecule has 1 aliphatic rings. The fraction of sp³-hybridized carbons (Fsp3) is 0.524. The van der Waals surface area contributed by atoms with E-state index in [0.717, 1.165) is 16.0 Å². The van der Waals surface area contributed by atoms with Gasteiger partial charge in [-0.15, -0.1) is 11.3 Å². The van der Waals surface area contributed by atoms with Gasteiger partial charge in [-0.05, 0) is 38.3 Å². The third kappa shape index (κ3) is 5.72. The first kappa shape index (κ1) is 22.6. The smallest absolute Gasteiger partial charge is 0.381 e. The van der Waals surface area contributed by atoms with E-state index in [9.17, 15) is 13.2 Å². The van der Waals surface area contributed by atoms with E-state index in [1.54, 1.807) is 17.4 Å². The number of nitrogens with zero attached hydrogens (tertiary/aromatic N) is 2. The molecule has 0 saturated carbocycles. The summed E-state index contributed by atoms with van der Waals surface area (Å²) in [4.78, 5) is 10.0. The number of alkyl halides is 3. The van der Waals surface area contributed by atoms with Crippen LogP contribution in [0.15, 0.2) is 35.5 Å². The summed E-state index contributed by atoms with van der Waals surface area (Å²) in [6, 6.07) is 5.66. The summed E-state index contributed by atoms with van der Waals surface area (Å²) in [7, 11) is 0. The molecule has 0 unspecified atom stereocenters. The van der Waals surface area contributed by atoms with E-state index in [-0.39, 0.29) is 0 Å². The third-order valence-corrected chi connectivity index (χ3v) is 6.13. The second kappa shape index (κ2) is 9.78. The van der Waals surface area contributed by atoms with Gasteiger partial charge in [0.1, 0.15) is 5.01 Å². The molecule has 2 N–H and O–H groups in total. The average Bonchev–Trinajstić information content (AvgIpc) is 3.15. The van der Waals surface area contributed by atoms with Crippen LogP contribution in [0.1, 0.15) is 40.8 Å². The maximum atomic E-state index is 13.3. The SMILES string of the molecule is CCNC(=NCc1ncc(C)s1)NCC1(c2cccc(C(F)(F)F)c2)CCOCC1. The van der Waals surface area contributed by atoms with Crippen LogP contribution in [0.5, 0.6) is 0 Å². The summed E-state index contributed by atoms with van der Waals surface area (Å²) >= 11 is 1.60. The summed E-state index contributed by atoms with van der Waals surface area (Å²) in [6.45, 7) is 6.62. The first-order valence-electron chi connectivity index (χ1n) is 10.0. The molecule has 3 rings (SSSR count). The number of rotatable bonds is 6. The maximum absolute atomic E-state index is 13.3. The van der Waals surface area contributed by atoms with E-state index in [2.05, 4.69) is 20.6 Å². The molecular formula is C21H27F3N4OS. The largest absolute Gasteiger partial charge is 0.416 e. The molecule has 164 valence electrons. The summed E-state index contributed by atoms with van der Waals surface area (Å²) in [5, 5.41) is 7.47. The molecule has 2 aromatic rings. The van der Waals surface area contributed by atoms with Crippen molar-refractivity contribution in [1.29, 1.82) is 0 Å². The predicted octanol–water partition coefficient (Wildman–Crippen LogP) is 4.27. The second-order valence-electron chi connectivity index (χ2n) is 7.38. The lowest BCUT2D eigenvalue weighted by Crippen LogP contribution is -2.48. The highest BCUT2D eigenvalue weighted by Gasteiger charge is 2.37. The van der Waals surface area contributed by atoms with Crippen molar-refractivity contribution in [3.8, 4) is 0 Å². The van der Waals surface area contributed by atoms with Gasteiger partial charge in [-0.3, -0.25) is 0 Å². The monoisotopic (exact) mass is 440 g/mol. The highest BCUT2D eigenvalue weighted by atomic mass is 32.1. The van der Waals surface area contributed by atoms with E-state index >= 15 is 0 Å². The number of benzene rings is 1. The highest BCUT2D eigenvalue weighted by Crippen LogP contribution is 2.37. The zero-order valence-electron chi connectivity index (χ0n) is 17.2. The number of hydrogen-bond acceptors (Lipinski definition) is 4. The Morgan fingerprint density at radius 1 is 1.27 bits per heavy atom. The van der Waals surface area contributed by atoms with Crippen LogP contribution in [0.3, 0.4) is 0 Å². The van der Waals surface area contributed by atoms with E-state index in [0.29, 0.717) is 57.2 Å². The van der Waals surface area contributed by atoms with Crippen molar-refractivity contribution >= 4 is 17.3 Å². The molecule has 0 radical (unpaired) electrons. The van der Waals surface area contributed by atoms with Gasteiger partial charge in [-0.2, -0.15) is 13.2 Å². The van der Waals surface area contributed by atoms with Crippen LogP contribution in [0.2, 0.25) is 0 Å². The Balaban J connectivity index is 1.79. The Kier molecular flexibility index (Phi) is 7.36. The molecule has 30 heavy (non-hydrogen) atoms. The fourth-order valence-corrected chi connectivity index (χ4v) is 4.28. The summed E-state index contributed by atoms with van der Waals surface area (Å²) in [6.07, 6.45) is -1.25. The van der Waals surface area contributed by atoms with Crippen LogP contribution in [0.4, 0.5) is 13.2 Å². The van der Waals surface area contributed by atoms with Crippen LogP contribution >= 0.6 is 11.3 Å². The number of aromatic nitrogens is 1. The molecule has 1 saturated heterocycles. The molecule has 0 aliphatic carbocycles. The predicted molar refractivity (Wildman–Crippen MR) is 113 cm³/mol. The summed E-state index contributed by atoms with van der Waals surface area (Å²) in [5.74, 6) is 0.628. The van der Waals surface area contributed by atoms with Gasteiger partial charge < -0.3 is 15.4 Å². The molecule has 1 aromatic carbocycles. The number of guanidine groups is 1. The van der Waals surface area contributed by atoms with Crippen LogP contribution in [0.25, 0.3) is 0 Å². The van der Waals surface area contributed by atoms with Crippen molar-refractivity contribution in [1.82, 2.24) is 15.6 Å². The van der Waals surface area contributed by atoms with Crippen molar-refractivity contribution < 1.29 is 17.9 Å². The number of ether oxygens (including phenoxy) is 1. The molecule has 1 aliphatic heterocycles. The Hall–Kier alpha value is -2.13.